The molecule has 2 atom stereocenters. The number of ether oxygens (including phenoxy) is 1. The van der Waals surface area contributed by atoms with Gasteiger partial charge >= 0.3 is 0 Å². The van der Waals surface area contributed by atoms with E-state index in [2.05, 4.69) is 10.6 Å². The summed E-state index contributed by atoms with van der Waals surface area (Å²) in [7, 11) is 1.80. The lowest BCUT2D eigenvalue weighted by molar-refractivity contribution is 0.0506. The lowest BCUT2D eigenvalue weighted by atomic mass is 9.87. The highest BCUT2D eigenvalue weighted by atomic mass is 32.2. The molecule has 1 aromatic heterocycles. The van der Waals surface area contributed by atoms with Crippen LogP contribution in [0.1, 0.15) is 54.2 Å². The Kier molecular flexibility index (Phi) is 9.31. The number of carbonyl (C=O) groups excluding carboxylic acids is 1. The third-order valence-electron chi connectivity index (χ3n) is 5.59. The molecule has 7 heteroatoms. The number of nitrogens with one attached hydrogen (secondary N) is 2. The Morgan fingerprint density at radius 1 is 1.26 bits per heavy atom. The quantitative estimate of drug-likeness (QED) is 0.525. The molecule has 1 fully saturated rings. The Bertz CT molecular complexity index is 864. The van der Waals surface area contributed by atoms with Crippen LogP contribution in [-0.2, 0) is 17.8 Å². The number of halogens is 1. The summed E-state index contributed by atoms with van der Waals surface area (Å²) >= 11 is 1.56. The number of methoxy groups -OCH3 is 1. The van der Waals surface area contributed by atoms with Crippen LogP contribution in [0.25, 0.3) is 0 Å². The Morgan fingerprint density at radius 3 is 2.90 bits per heavy atom. The normalized spacial score (nSPS) is 18.7. The number of aromatic nitrogens is 1. The van der Waals surface area contributed by atoms with Gasteiger partial charge in [0.05, 0.1) is 17.4 Å². The van der Waals surface area contributed by atoms with Crippen molar-refractivity contribution in [3.05, 3.63) is 59.0 Å². The van der Waals surface area contributed by atoms with E-state index in [-0.39, 0.29) is 18.3 Å². The molecule has 1 aliphatic rings. The molecule has 1 aromatic carbocycles. The summed E-state index contributed by atoms with van der Waals surface area (Å²) in [6.45, 7) is 3.95. The number of hydrogen-bond donors (Lipinski definition) is 2. The molecule has 0 bridgehead atoms. The third-order valence-corrected chi connectivity index (χ3v) is 6.47. The van der Waals surface area contributed by atoms with Crippen LogP contribution >= 0.6 is 11.8 Å². The fraction of sp³-hybridized carbons (Fsp3) is 0.500. The van der Waals surface area contributed by atoms with E-state index in [0.29, 0.717) is 24.1 Å². The van der Waals surface area contributed by atoms with Crippen molar-refractivity contribution in [3.8, 4) is 0 Å². The van der Waals surface area contributed by atoms with Gasteiger partial charge in [-0.3, -0.25) is 4.79 Å². The van der Waals surface area contributed by atoms with Gasteiger partial charge < -0.3 is 15.4 Å². The molecule has 0 aliphatic heterocycles. The van der Waals surface area contributed by atoms with E-state index in [9.17, 15) is 9.18 Å². The Labute approximate surface area is 188 Å². The van der Waals surface area contributed by atoms with Crippen molar-refractivity contribution < 1.29 is 13.9 Å². The number of nitrogens with zero attached hydrogens (tertiary/aromatic N) is 1. The van der Waals surface area contributed by atoms with Crippen LogP contribution in [0.3, 0.4) is 0 Å². The Hall–Kier alpha value is -1.96. The zero-order chi connectivity index (χ0) is 22.1. The highest BCUT2D eigenvalue weighted by molar-refractivity contribution is 7.99. The predicted octanol–water partition coefficient (Wildman–Crippen LogP) is 4.56. The SMILES string of the molecule is CCSc1nc(CNCC2CCCC(OC)C2)ccc1C(=O)NCc1cccc(F)c1. The number of pyridine rings is 1. The van der Waals surface area contributed by atoms with Crippen molar-refractivity contribution in [1.29, 1.82) is 0 Å². The van der Waals surface area contributed by atoms with Crippen molar-refractivity contribution in [1.82, 2.24) is 15.6 Å². The van der Waals surface area contributed by atoms with Crippen molar-refractivity contribution in [2.75, 3.05) is 19.4 Å². The topological polar surface area (TPSA) is 63.3 Å². The molecule has 2 N–H and O–H groups in total. The molecule has 3 rings (SSSR count). The molecule has 1 aliphatic carbocycles. The summed E-state index contributed by atoms with van der Waals surface area (Å²) in [4.78, 5) is 17.4. The van der Waals surface area contributed by atoms with Gasteiger partial charge in [-0.1, -0.05) is 25.5 Å². The highest BCUT2D eigenvalue weighted by Crippen LogP contribution is 2.25. The van der Waals surface area contributed by atoms with Crippen molar-refractivity contribution >= 4 is 17.7 Å². The molecule has 0 spiro atoms. The van der Waals surface area contributed by atoms with Crippen LogP contribution in [-0.4, -0.2) is 36.4 Å². The zero-order valence-corrected chi connectivity index (χ0v) is 19.1. The first-order valence-corrected chi connectivity index (χ1v) is 12.0. The molecule has 0 saturated heterocycles. The molecule has 168 valence electrons. The second kappa shape index (κ2) is 12.2. The third kappa shape index (κ3) is 7.30. The second-order valence-corrected chi connectivity index (χ2v) is 9.17. The molecule has 2 aromatic rings. The minimum atomic E-state index is -0.307. The summed E-state index contributed by atoms with van der Waals surface area (Å²) in [6, 6.07) is 9.99. The monoisotopic (exact) mass is 445 g/mol. The number of carbonyl (C=O) groups is 1. The Balaban J connectivity index is 1.56. The number of hydrogen-bond acceptors (Lipinski definition) is 5. The molecule has 1 amide bonds. The second-order valence-electron chi connectivity index (χ2n) is 7.92. The van der Waals surface area contributed by atoms with E-state index < -0.39 is 0 Å². The minimum Gasteiger partial charge on any atom is -0.381 e. The minimum absolute atomic E-state index is 0.194. The number of amides is 1. The van der Waals surface area contributed by atoms with E-state index in [1.54, 1.807) is 31.0 Å². The van der Waals surface area contributed by atoms with Crippen LogP contribution in [0.5, 0.6) is 0 Å². The van der Waals surface area contributed by atoms with Gasteiger partial charge in [-0.2, -0.15) is 0 Å². The van der Waals surface area contributed by atoms with Gasteiger partial charge in [0.25, 0.3) is 5.91 Å². The number of benzene rings is 1. The van der Waals surface area contributed by atoms with E-state index in [1.807, 2.05) is 19.1 Å². The van der Waals surface area contributed by atoms with E-state index in [1.165, 1.54) is 25.0 Å². The molecule has 1 saturated carbocycles. The first-order valence-electron chi connectivity index (χ1n) is 11.0. The van der Waals surface area contributed by atoms with E-state index >= 15 is 0 Å². The highest BCUT2D eigenvalue weighted by Gasteiger charge is 2.21. The predicted molar refractivity (Wildman–Crippen MR) is 123 cm³/mol. The van der Waals surface area contributed by atoms with Crippen molar-refractivity contribution in [2.24, 2.45) is 5.92 Å². The smallest absolute Gasteiger partial charge is 0.254 e. The first kappa shape index (κ1) is 23.7. The summed E-state index contributed by atoms with van der Waals surface area (Å²) in [6.07, 6.45) is 5.12. The van der Waals surface area contributed by atoms with E-state index in [4.69, 9.17) is 9.72 Å². The van der Waals surface area contributed by atoms with Crippen LogP contribution in [0, 0.1) is 11.7 Å². The lowest BCUT2D eigenvalue weighted by Gasteiger charge is -2.28. The largest absolute Gasteiger partial charge is 0.381 e. The standard InChI is InChI=1S/C24H32FN3O2S/c1-3-31-24-22(23(29)27-15-17-6-4-8-19(25)12-17)11-10-20(28-24)16-26-14-18-7-5-9-21(13-18)30-2/h4,6,8,10-12,18,21,26H,3,5,7,9,13-16H2,1-2H3,(H,27,29). The van der Waals surface area contributed by atoms with Crippen LogP contribution in [0.4, 0.5) is 4.39 Å². The Morgan fingerprint density at radius 2 is 2.13 bits per heavy atom. The van der Waals surface area contributed by atoms with Crippen LogP contribution < -0.4 is 10.6 Å². The average molecular weight is 446 g/mol. The molecular formula is C24H32FN3O2S. The van der Waals surface area contributed by atoms with Gasteiger partial charge in [0.15, 0.2) is 0 Å². The molecule has 0 radical (unpaired) electrons. The van der Waals surface area contributed by atoms with Crippen molar-refractivity contribution in [2.45, 2.75) is 56.8 Å². The summed E-state index contributed by atoms with van der Waals surface area (Å²) in [5.74, 6) is 0.962. The van der Waals surface area contributed by atoms with Gasteiger partial charge in [0, 0.05) is 20.2 Å². The molecule has 5 nitrogen and oxygen atoms in total. The maximum Gasteiger partial charge on any atom is 0.254 e. The fourth-order valence-corrected chi connectivity index (χ4v) is 4.74. The summed E-state index contributed by atoms with van der Waals surface area (Å²) in [5, 5.41) is 7.12. The van der Waals surface area contributed by atoms with Crippen LogP contribution in [0.2, 0.25) is 0 Å². The fourth-order valence-electron chi connectivity index (χ4n) is 3.97. The molecular weight excluding hydrogens is 413 g/mol. The van der Waals surface area contributed by atoms with Gasteiger partial charge in [0.1, 0.15) is 10.8 Å². The van der Waals surface area contributed by atoms with E-state index in [0.717, 1.165) is 41.4 Å². The van der Waals surface area contributed by atoms with Gasteiger partial charge in [-0.05, 0) is 67.3 Å². The van der Waals surface area contributed by atoms with Gasteiger partial charge in [0.2, 0.25) is 0 Å². The number of rotatable bonds is 10. The van der Waals surface area contributed by atoms with Gasteiger partial charge in [-0.15, -0.1) is 11.8 Å². The zero-order valence-electron chi connectivity index (χ0n) is 18.3. The summed E-state index contributed by atoms with van der Waals surface area (Å²) < 4.78 is 18.9. The molecule has 31 heavy (non-hydrogen) atoms. The van der Waals surface area contributed by atoms with Gasteiger partial charge in [-0.25, -0.2) is 9.37 Å². The maximum atomic E-state index is 13.3. The van der Waals surface area contributed by atoms with Crippen molar-refractivity contribution in [3.63, 3.8) is 0 Å². The number of thioether (sulfide) groups is 1. The molecule has 2 unspecified atom stereocenters. The van der Waals surface area contributed by atoms with Crippen LogP contribution in [0.15, 0.2) is 41.4 Å². The summed E-state index contributed by atoms with van der Waals surface area (Å²) in [5.41, 5.74) is 2.21. The molecule has 1 heterocycles. The maximum absolute atomic E-state index is 13.3. The first-order chi connectivity index (χ1) is 15.1. The lowest BCUT2D eigenvalue weighted by Crippen LogP contribution is -2.30. The average Bonchev–Trinajstić information content (AvgIpc) is 2.78.